The lowest BCUT2D eigenvalue weighted by atomic mass is 10.1. The molecule has 0 radical (unpaired) electrons. The third-order valence-corrected chi connectivity index (χ3v) is 5.49. The molecule has 162 valence electrons. The van der Waals surface area contributed by atoms with E-state index in [1.54, 1.807) is 0 Å². The predicted molar refractivity (Wildman–Crippen MR) is 105 cm³/mol. The van der Waals surface area contributed by atoms with Gasteiger partial charge < -0.3 is 29.7 Å². The number of thiazole rings is 1. The van der Waals surface area contributed by atoms with Crippen molar-refractivity contribution in [3.8, 4) is 0 Å². The molecule has 3 N–H and O–H groups in total. The fourth-order valence-electron chi connectivity index (χ4n) is 3.09. The smallest absolute Gasteiger partial charge is 0.311 e. The molecule has 1 aliphatic heterocycles. The van der Waals surface area contributed by atoms with Gasteiger partial charge in [-0.2, -0.15) is 0 Å². The zero-order chi connectivity index (χ0) is 22.2. The van der Waals surface area contributed by atoms with E-state index >= 15 is 0 Å². The van der Waals surface area contributed by atoms with Gasteiger partial charge >= 0.3 is 22.8 Å². The zero-order valence-electron chi connectivity index (χ0n) is 16.1. The highest BCUT2D eigenvalue weighted by Gasteiger charge is 2.51. The number of ether oxygens (including phenoxy) is 4. The van der Waals surface area contributed by atoms with Crippen LogP contribution in [0.5, 0.6) is 0 Å². The second-order valence-electron chi connectivity index (χ2n) is 6.36. The van der Waals surface area contributed by atoms with Gasteiger partial charge in [0.15, 0.2) is 29.0 Å². The predicted octanol–water partition coefficient (Wildman–Crippen LogP) is 0.422. The minimum Gasteiger partial charge on any atom is -0.463 e. The van der Waals surface area contributed by atoms with Crippen molar-refractivity contribution in [2.75, 3.05) is 12.3 Å². The van der Waals surface area contributed by atoms with E-state index in [2.05, 4.69) is 9.97 Å². The van der Waals surface area contributed by atoms with E-state index in [0.29, 0.717) is 4.70 Å². The standard InChI is InChI=1S/C16H18N4O8S2/c1-5(21)25-4-8-9(26-6(2)22)10(27-7(3)23)14(28-8)20-12-11(30-16(20)24)13(29)19-15(17)18-12/h8-10,14H,4H2,1-3H3,(H3,17,18,19,29)/t8-,9-,10?,14-/m1/s1. The Bertz CT molecular complexity index is 1120. The number of hydrogen-bond acceptors (Lipinski definition) is 12. The van der Waals surface area contributed by atoms with Crippen LogP contribution in [0.1, 0.15) is 27.0 Å². The Labute approximate surface area is 177 Å². The van der Waals surface area contributed by atoms with Crippen molar-refractivity contribution in [1.82, 2.24) is 14.5 Å². The van der Waals surface area contributed by atoms with Crippen LogP contribution in [-0.2, 0) is 33.3 Å². The Kier molecular flexibility index (Phi) is 6.19. The van der Waals surface area contributed by atoms with E-state index in [1.807, 2.05) is 0 Å². The number of esters is 3. The summed E-state index contributed by atoms with van der Waals surface area (Å²) in [5.74, 6) is -1.99. The van der Waals surface area contributed by atoms with Crippen LogP contribution >= 0.6 is 23.6 Å². The summed E-state index contributed by atoms with van der Waals surface area (Å²) in [5, 5.41) is 0. The highest BCUT2D eigenvalue weighted by atomic mass is 32.1. The molecule has 0 spiro atoms. The number of rotatable bonds is 5. The van der Waals surface area contributed by atoms with Gasteiger partial charge in [0.05, 0.1) is 0 Å². The fourth-order valence-corrected chi connectivity index (χ4v) is 4.26. The van der Waals surface area contributed by atoms with Crippen LogP contribution in [0.2, 0.25) is 0 Å². The molecule has 0 aromatic carbocycles. The third kappa shape index (κ3) is 4.34. The zero-order valence-corrected chi connectivity index (χ0v) is 17.7. The summed E-state index contributed by atoms with van der Waals surface area (Å²) < 4.78 is 23.1. The molecule has 0 saturated carbocycles. The lowest BCUT2D eigenvalue weighted by molar-refractivity contribution is -0.166. The highest BCUT2D eigenvalue weighted by molar-refractivity contribution is 7.71. The number of aromatic nitrogens is 3. The van der Waals surface area contributed by atoms with Crippen molar-refractivity contribution in [3.05, 3.63) is 14.3 Å². The maximum Gasteiger partial charge on any atom is 0.311 e. The minimum absolute atomic E-state index is 0.0333. The normalized spacial score (nSPS) is 23.3. The first-order valence-corrected chi connectivity index (χ1v) is 9.85. The molecule has 0 bridgehead atoms. The van der Waals surface area contributed by atoms with E-state index in [4.69, 9.17) is 36.9 Å². The average Bonchev–Trinajstić information content (AvgIpc) is 3.10. The summed E-state index contributed by atoms with van der Waals surface area (Å²) in [6, 6.07) is 0. The fraction of sp³-hybridized carbons (Fsp3) is 0.500. The van der Waals surface area contributed by atoms with E-state index in [-0.39, 0.29) is 22.8 Å². The van der Waals surface area contributed by atoms with E-state index in [9.17, 15) is 19.2 Å². The summed E-state index contributed by atoms with van der Waals surface area (Å²) in [5.41, 5.74) is 5.93. The molecule has 0 aliphatic carbocycles. The molecule has 1 saturated heterocycles. The van der Waals surface area contributed by atoms with Gasteiger partial charge in [-0.05, 0) is 0 Å². The van der Waals surface area contributed by atoms with Crippen LogP contribution in [-0.4, -0.2) is 57.4 Å². The Morgan fingerprint density at radius 1 is 1.20 bits per heavy atom. The number of fused-ring (bicyclic) bond motifs is 1. The molecule has 12 nitrogen and oxygen atoms in total. The van der Waals surface area contributed by atoms with Crippen molar-refractivity contribution in [3.63, 3.8) is 0 Å². The number of hydrogen-bond donors (Lipinski definition) is 2. The summed E-state index contributed by atoms with van der Waals surface area (Å²) in [6.45, 7) is 3.23. The van der Waals surface area contributed by atoms with Crippen LogP contribution in [0, 0.1) is 4.64 Å². The summed E-state index contributed by atoms with van der Waals surface area (Å²) >= 11 is 5.95. The lowest BCUT2D eigenvalue weighted by Crippen LogP contribution is -2.41. The van der Waals surface area contributed by atoms with Crippen molar-refractivity contribution in [2.45, 2.75) is 45.3 Å². The van der Waals surface area contributed by atoms with Crippen LogP contribution in [0.15, 0.2) is 4.79 Å². The molecule has 1 unspecified atom stereocenters. The Balaban J connectivity index is 2.13. The maximum atomic E-state index is 12.8. The Morgan fingerprint density at radius 3 is 2.43 bits per heavy atom. The molecule has 4 atom stereocenters. The molecule has 0 amide bonds. The van der Waals surface area contributed by atoms with Gasteiger partial charge in [-0.3, -0.25) is 23.7 Å². The first-order valence-electron chi connectivity index (χ1n) is 8.62. The van der Waals surface area contributed by atoms with Crippen molar-refractivity contribution in [1.29, 1.82) is 0 Å². The monoisotopic (exact) mass is 458 g/mol. The number of carbonyl (C=O) groups excluding carboxylic acids is 3. The van der Waals surface area contributed by atoms with Gasteiger partial charge in [0, 0.05) is 20.8 Å². The minimum atomic E-state index is -1.22. The van der Waals surface area contributed by atoms with Crippen LogP contribution in [0.3, 0.4) is 0 Å². The molecule has 2 aromatic rings. The van der Waals surface area contributed by atoms with Crippen LogP contribution < -0.4 is 10.6 Å². The summed E-state index contributed by atoms with van der Waals surface area (Å²) in [6.07, 6.45) is -4.57. The number of nitrogens with one attached hydrogen (secondary N) is 1. The lowest BCUT2D eigenvalue weighted by Gasteiger charge is -2.23. The van der Waals surface area contributed by atoms with Gasteiger partial charge in [-0.25, -0.2) is 4.98 Å². The SMILES string of the molecule is CC(=O)OC[C@H]1O[C@@H](n2c(=O)sc3c(=S)nc(N)[nH]c32)C(OC(C)=O)[C@@H]1OC(C)=O. The molecule has 30 heavy (non-hydrogen) atoms. The summed E-state index contributed by atoms with van der Waals surface area (Å²) in [7, 11) is 0. The first-order chi connectivity index (χ1) is 14.1. The number of nitrogens with two attached hydrogens (primary N) is 1. The molecule has 3 heterocycles. The highest BCUT2D eigenvalue weighted by Crippen LogP contribution is 2.36. The number of nitrogen functional groups attached to an aromatic ring is 1. The molecule has 3 rings (SSSR count). The topological polar surface area (TPSA) is 165 Å². The summed E-state index contributed by atoms with van der Waals surface area (Å²) in [4.78, 5) is 53.5. The number of H-pyrrole nitrogens is 1. The number of nitrogens with zero attached hydrogens (tertiary/aromatic N) is 2. The number of anilines is 1. The molecular formula is C16H18N4O8S2. The average molecular weight is 458 g/mol. The van der Waals surface area contributed by atoms with Crippen molar-refractivity contribution >= 4 is 57.8 Å². The maximum absolute atomic E-state index is 12.8. The van der Waals surface area contributed by atoms with Gasteiger partial charge in [0.1, 0.15) is 23.1 Å². The second kappa shape index (κ2) is 8.49. The molecule has 1 fully saturated rings. The molecule has 14 heteroatoms. The van der Waals surface area contributed by atoms with Gasteiger partial charge in [-0.1, -0.05) is 23.6 Å². The number of aromatic amines is 1. The largest absolute Gasteiger partial charge is 0.463 e. The molecular weight excluding hydrogens is 440 g/mol. The van der Waals surface area contributed by atoms with Gasteiger partial charge in [0.25, 0.3) is 0 Å². The van der Waals surface area contributed by atoms with Crippen molar-refractivity contribution < 1.29 is 33.3 Å². The number of carbonyl (C=O) groups is 3. The van der Waals surface area contributed by atoms with Crippen LogP contribution in [0.4, 0.5) is 5.95 Å². The Morgan fingerprint density at radius 2 is 1.83 bits per heavy atom. The van der Waals surface area contributed by atoms with E-state index < -0.39 is 47.3 Å². The van der Waals surface area contributed by atoms with E-state index in [1.165, 1.54) is 6.92 Å². The third-order valence-electron chi connectivity index (χ3n) is 4.10. The Hall–Kier alpha value is -2.84. The van der Waals surface area contributed by atoms with Gasteiger partial charge in [0.2, 0.25) is 0 Å². The van der Waals surface area contributed by atoms with Gasteiger partial charge in [-0.15, -0.1) is 0 Å². The van der Waals surface area contributed by atoms with Crippen LogP contribution in [0.25, 0.3) is 10.3 Å². The quantitative estimate of drug-likeness (QED) is 0.362. The van der Waals surface area contributed by atoms with E-state index in [0.717, 1.165) is 29.8 Å². The van der Waals surface area contributed by atoms with Crippen molar-refractivity contribution in [2.24, 2.45) is 0 Å². The molecule has 2 aromatic heterocycles. The first kappa shape index (κ1) is 21.9. The second-order valence-corrected chi connectivity index (χ2v) is 7.71. The molecule has 1 aliphatic rings.